The Morgan fingerprint density at radius 1 is 1.31 bits per heavy atom. The number of halogens is 2. The molecular weight excluding hydrogens is 289 g/mol. The standard InChI is InChI=1S/C12H11BrFNS/c1-15-12(9-4-5-16-7-9)8-2-3-11(14)10(13)6-8/h2-7,12,15H,1H3. The number of hydrogen-bond acceptors (Lipinski definition) is 2. The van der Waals surface area contributed by atoms with E-state index in [9.17, 15) is 4.39 Å². The van der Waals surface area contributed by atoms with Crippen molar-refractivity contribution in [3.63, 3.8) is 0 Å². The van der Waals surface area contributed by atoms with Gasteiger partial charge in [-0.2, -0.15) is 11.3 Å². The number of hydrogen-bond donors (Lipinski definition) is 1. The lowest BCUT2D eigenvalue weighted by molar-refractivity contribution is 0.616. The van der Waals surface area contributed by atoms with Crippen molar-refractivity contribution in [3.05, 3.63) is 56.4 Å². The highest BCUT2D eigenvalue weighted by Crippen LogP contribution is 2.27. The summed E-state index contributed by atoms with van der Waals surface area (Å²) in [5.41, 5.74) is 2.25. The fourth-order valence-electron chi connectivity index (χ4n) is 1.66. The van der Waals surface area contributed by atoms with Crippen LogP contribution >= 0.6 is 27.3 Å². The lowest BCUT2D eigenvalue weighted by Gasteiger charge is -2.15. The van der Waals surface area contributed by atoms with E-state index in [1.54, 1.807) is 17.4 Å². The molecule has 0 aliphatic carbocycles. The topological polar surface area (TPSA) is 12.0 Å². The van der Waals surface area contributed by atoms with E-state index in [-0.39, 0.29) is 11.9 Å². The van der Waals surface area contributed by atoms with Gasteiger partial charge in [-0.25, -0.2) is 4.39 Å². The summed E-state index contributed by atoms with van der Waals surface area (Å²) in [5.74, 6) is -0.232. The molecule has 4 heteroatoms. The highest BCUT2D eigenvalue weighted by Gasteiger charge is 2.13. The molecule has 1 aromatic carbocycles. The second kappa shape index (κ2) is 5.08. The highest BCUT2D eigenvalue weighted by atomic mass is 79.9. The minimum atomic E-state index is -0.232. The number of rotatable bonds is 3. The average Bonchev–Trinajstić information content (AvgIpc) is 2.78. The van der Waals surface area contributed by atoms with Gasteiger partial charge in [0.2, 0.25) is 0 Å². The molecule has 0 fully saturated rings. The average molecular weight is 300 g/mol. The summed E-state index contributed by atoms with van der Waals surface area (Å²) in [4.78, 5) is 0. The molecule has 16 heavy (non-hydrogen) atoms. The van der Waals surface area contributed by atoms with Crippen molar-refractivity contribution in [2.75, 3.05) is 7.05 Å². The number of thiophene rings is 1. The van der Waals surface area contributed by atoms with Gasteiger partial charge in [0.05, 0.1) is 10.5 Å². The summed E-state index contributed by atoms with van der Waals surface area (Å²) < 4.78 is 13.6. The Bertz CT molecular complexity index is 470. The van der Waals surface area contributed by atoms with E-state index >= 15 is 0 Å². The normalized spacial score (nSPS) is 12.7. The minimum absolute atomic E-state index is 0.114. The maximum Gasteiger partial charge on any atom is 0.137 e. The lowest BCUT2D eigenvalue weighted by atomic mass is 10.0. The predicted octanol–water partition coefficient (Wildman–Crippen LogP) is 3.96. The van der Waals surface area contributed by atoms with E-state index in [2.05, 4.69) is 32.7 Å². The van der Waals surface area contributed by atoms with Crippen LogP contribution < -0.4 is 5.32 Å². The third-order valence-corrected chi connectivity index (χ3v) is 3.75. The Balaban J connectivity index is 2.37. The highest BCUT2D eigenvalue weighted by molar-refractivity contribution is 9.10. The van der Waals surface area contributed by atoms with Gasteiger partial charge >= 0.3 is 0 Å². The Kier molecular flexibility index (Phi) is 3.74. The SMILES string of the molecule is CNC(c1ccsc1)c1ccc(F)c(Br)c1. The molecule has 1 aromatic heterocycles. The van der Waals surface area contributed by atoms with Gasteiger partial charge in [0.1, 0.15) is 5.82 Å². The van der Waals surface area contributed by atoms with Crippen LogP contribution in [-0.2, 0) is 0 Å². The smallest absolute Gasteiger partial charge is 0.137 e. The van der Waals surface area contributed by atoms with Gasteiger partial charge in [-0.15, -0.1) is 0 Å². The molecule has 2 rings (SSSR count). The van der Waals surface area contributed by atoms with Crippen molar-refractivity contribution in [2.24, 2.45) is 0 Å². The van der Waals surface area contributed by atoms with E-state index < -0.39 is 0 Å². The Morgan fingerprint density at radius 3 is 2.69 bits per heavy atom. The van der Waals surface area contributed by atoms with Crippen LogP contribution in [0, 0.1) is 5.82 Å². The van der Waals surface area contributed by atoms with E-state index in [0.29, 0.717) is 4.47 Å². The Hall–Kier alpha value is -0.710. The second-order valence-electron chi connectivity index (χ2n) is 3.45. The Morgan fingerprint density at radius 2 is 2.12 bits per heavy atom. The molecule has 1 N–H and O–H groups in total. The zero-order valence-corrected chi connectivity index (χ0v) is 11.1. The minimum Gasteiger partial charge on any atom is -0.309 e. The third kappa shape index (κ3) is 2.34. The molecule has 0 aliphatic heterocycles. The maximum absolute atomic E-state index is 13.1. The summed E-state index contributed by atoms with van der Waals surface area (Å²) in [6, 6.07) is 7.29. The first kappa shape index (κ1) is 11.8. The van der Waals surface area contributed by atoms with E-state index in [1.807, 2.05) is 18.5 Å². The van der Waals surface area contributed by atoms with Crippen molar-refractivity contribution in [1.29, 1.82) is 0 Å². The molecule has 2 aromatic rings. The summed E-state index contributed by atoms with van der Waals surface area (Å²) in [6.07, 6.45) is 0. The monoisotopic (exact) mass is 299 g/mol. The van der Waals surface area contributed by atoms with Crippen LogP contribution in [0.25, 0.3) is 0 Å². The lowest BCUT2D eigenvalue weighted by Crippen LogP contribution is -2.16. The van der Waals surface area contributed by atoms with Crippen molar-refractivity contribution in [3.8, 4) is 0 Å². The summed E-state index contributed by atoms with van der Waals surface area (Å²) >= 11 is 4.87. The van der Waals surface area contributed by atoms with Crippen LogP contribution in [-0.4, -0.2) is 7.05 Å². The van der Waals surface area contributed by atoms with Crippen LogP contribution in [0.4, 0.5) is 4.39 Å². The molecule has 0 amide bonds. The third-order valence-electron chi connectivity index (χ3n) is 2.44. The molecule has 0 aliphatic rings. The van der Waals surface area contributed by atoms with E-state index in [4.69, 9.17) is 0 Å². The van der Waals surface area contributed by atoms with Crippen molar-refractivity contribution in [2.45, 2.75) is 6.04 Å². The summed E-state index contributed by atoms with van der Waals surface area (Å²) in [7, 11) is 1.90. The van der Waals surface area contributed by atoms with Gasteiger partial charge in [-0.3, -0.25) is 0 Å². The zero-order chi connectivity index (χ0) is 11.5. The molecule has 1 unspecified atom stereocenters. The molecule has 0 saturated heterocycles. The van der Waals surface area contributed by atoms with Crippen LogP contribution in [0.3, 0.4) is 0 Å². The first-order chi connectivity index (χ1) is 7.72. The quantitative estimate of drug-likeness (QED) is 0.905. The van der Waals surface area contributed by atoms with E-state index in [0.717, 1.165) is 5.56 Å². The van der Waals surface area contributed by atoms with Gasteiger partial charge < -0.3 is 5.32 Å². The van der Waals surface area contributed by atoms with Crippen molar-refractivity contribution in [1.82, 2.24) is 5.32 Å². The molecule has 0 bridgehead atoms. The fourth-order valence-corrected chi connectivity index (χ4v) is 2.74. The van der Waals surface area contributed by atoms with Gasteiger partial charge in [-0.1, -0.05) is 6.07 Å². The van der Waals surface area contributed by atoms with Crippen LogP contribution in [0.5, 0.6) is 0 Å². The van der Waals surface area contributed by atoms with Crippen molar-refractivity contribution >= 4 is 27.3 Å². The first-order valence-electron chi connectivity index (χ1n) is 4.86. The Labute approximate surface area is 106 Å². The fraction of sp³-hybridized carbons (Fsp3) is 0.167. The predicted molar refractivity (Wildman–Crippen MR) is 69.3 cm³/mol. The van der Waals surface area contributed by atoms with Gasteiger partial charge in [0.25, 0.3) is 0 Å². The second-order valence-corrected chi connectivity index (χ2v) is 5.09. The molecule has 0 radical (unpaired) electrons. The van der Waals surface area contributed by atoms with Gasteiger partial charge in [0, 0.05) is 0 Å². The van der Waals surface area contributed by atoms with Crippen LogP contribution in [0.2, 0.25) is 0 Å². The number of nitrogens with one attached hydrogen (secondary N) is 1. The first-order valence-corrected chi connectivity index (χ1v) is 6.60. The molecule has 0 spiro atoms. The molecule has 84 valence electrons. The summed E-state index contributed by atoms with van der Waals surface area (Å²) in [6.45, 7) is 0. The van der Waals surface area contributed by atoms with E-state index in [1.165, 1.54) is 11.6 Å². The molecule has 1 nitrogen and oxygen atoms in total. The maximum atomic E-state index is 13.1. The molecule has 1 atom stereocenters. The molecule has 0 saturated carbocycles. The summed E-state index contributed by atoms with van der Waals surface area (Å²) in [5, 5.41) is 7.37. The van der Waals surface area contributed by atoms with Gasteiger partial charge in [0.15, 0.2) is 0 Å². The largest absolute Gasteiger partial charge is 0.309 e. The molecule has 1 heterocycles. The van der Waals surface area contributed by atoms with Gasteiger partial charge in [-0.05, 0) is 63.1 Å². The van der Waals surface area contributed by atoms with Crippen molar-refractivity contribution < 1.29 is 4.39 Å². The number of benzene rings is 1. The zero-order valence-electron chi connectivity index (χ0n) is 8.71. The van der Waals surface area contributed by atoms with Crippen LogP contribution in [0.15, 0.2) is 39.5 Å². The van der Waals surface area contributed by atoms with Crippen LogP contribution in [0.1, 0.15) is 17.2 Å². The molecular formula is C12H11BrFNS.